The van der Waals surface area contributed by atoms with E-state index in [2.05, 4.69) is 5.10 Å². The lowest BCUT2D eigenvalue weighted by Gasteiger charge is -2.33. The Bertz CT molecular complexity index is 932. The monoisotopic (exact) mass is 380 g/mol. The molecule has 7 heteroatoms. The molecule has 2 aliphatic heterocycles. The molecule has 1 atom stereocenters. The normalized spacial score (nSPS) is 20.6. The van der Waals surface area contributed by atoms with Crippen LogP contribution < -0.4 is 5.56 Å². The first kappa shape index (κ1) is 18.4. The minimum absolute atomic E-state index is 0.0203. The number of hydrogen-bond donors (Lipinski definition) is 0. The summed E-state index contributed by atoms with van der Waals surface area (Å²) in [6, 6.07) is 13.1. The molecule has 2 aromatic rings. The molecule has 146 valence electrons. The summed E-state index contributed by atoms with van der Waals surface area (Å²) in [4.78, 5) is 40.2. The van der Waals surface area contributed by atoms with Crippen LogP contribution in [0.4, 0.5) is 0 Å². The molecule has 0 spiro atoms. The lowest BCUT2D eigenvalue weighted by atomic mass is 10.0. The van der Waals surface area contributed by atoms with Crippen LogP contribution in [0.3, 0.4) is 0 Å². The van der Waals surface area contributed by atoms with E-state index in [1.54, 1.807) is 28.8 Å². The van der Waals surface area contributed by atoms with E-state index in [0.717, 1.165) is 11.3 Å². The van der Waals surface area contributed by atoms with E-state index >= 15 is 0 Å². The van der Waals surface area contributed by atoms with Crippen LogP contribution in [0.25, 0.3) is 11.3 Å². The highest BCUT2D eigenvalue weighted by atomic mass is 16.2. The van der Waals surface area contributed by atoms with E-state index in [1.807, 2.05) is 35.2 Å². The van der Waals surface area contributed by atoms with Crippen LogP contribution in [-0.2, 0) is 9.59 Å². The molecule has 2 aliphatic rings. The Balaban J connectivity index is 1.45. The molecule has 2 saturated heterocycles. The van der Waals surface area contributed by atoms with E-state index in [0.29, 0.717) is 38.9 Å². The third-order valence-electron chi connectivity index (χ3n) is 5.71. The van der Waals surface area contributed by atoms with E-state index in [9.17, 15) is 14.4 Å². The van der Waals surface area contributed by atoms with Gasteiger partial charge in [0, 0.05) is 44.7 Å². The van der Waals surface area contributed by atoms with Gasteiger partial charge in [0.25, 0.3) is 5.56 Å². The molecule has 0 saturated carbocycles. The molecule has 0 bridgehead atoms. The molecule has 0 aliphatic carbocycles. The van der Waals surface area contributed by atoms with Crippen LogP contribution in [-0.4, -0.2) is 58.1 Å². The number of aromatic nitrogens is 2. The molecule has 7 nitrogen and oxygen atoms in total. The zero-order valence-corrected chi connectivity index (χ0v) is 16.0. The van der Waals surface area contributed by atoms with Gasteiger partial charge in [-0.1, -0.05) is 30.3 Å². The van der Waals surface area contributed by atoms with E-state index < -0.39 is 0 Å². The van der Waals surface area contributed by atoms with Gasteiger partial charge in [0.2, 0.25) is 11.8 Å². The molecule has 3 heterocycles. The first-order chi connectivity index (χ1) is 13.5. The summed E-state index contributed by atoms with van der Waals surface area (Å²) in [7, 11) is 1.74. The molecular weight excluding hydrogens is 356 g/mol. The van der Waals surface area contributed by atoms with Crippen molar-refractivity contribution in [3.8, 4) is 11.3 Å². The maximum Gasteiger partial charge on any atom is 0.267 e. The smallest absolute Gasteiger partial charge is 0.267 e. The second-order valence-electron chi connectivity index (χ2n) is 7.60. The summed E-state index contributed by atoms with van der Waals surface area (Å²) < 4.78 is 1.57. The second-order valence-corrected chi connectivity index (χ2v) is 7.60. The van der Waals surface area contributed by atoms with Crippen molar-refractivity contribution in [3.63, 3.8) is 0 Å². The number of likely N-dealkylation sites (tertiary alicyclic amines) is 2. The van der Waals surface area contributed by atoms with Crippen molar-refractivity contribution in [2.45, 2.75) is 25.3 Å². The first-order valence-electron chi connectivity index (χ1n) is 9.71. The number of nitrogens with zero attached hydrogens (tertiary/aromatic N) is 4. The highest BCUT2D eigenvalue weighted by molar-refractivity contribution is 5.89. The Morgan fingerprint density at radius 2 is 1.75 bits per heavy atom. The van der Waals surface area contributed by atoms with E-state index in [1.165, 1.54) is 0 Å². The van der Waals surface area contributed by atoms with Gasteiger partial charge in [-0.05, 0) is 18.9 Å². The summed E-state index contributed by atoms with van der Waals surface area (Å²) in [6.45, 7) is 1.67. The SMILES string of the molecule is CN1CC(C(=O)N2CCC(n3nc(-c4ccccc4)ccc3=O)CC2)CC1=O. The third-order valence-corrected chi connectivity index (χ3v) is 5.71. The van der Waals surface area contributed by atoms with Crippen molar-refractivity contribution >= 4 is 11.8 Å². The Hall–Kier alpha value is -2.96. The molecule has 1 unspecified atom stereocenters. The van der Waals surface area contributed by atoms with Gasteiger partial charge in [-0.15, -0.1) is 0 Å². The number of carbonyl (C=O) groups is 2. The van der Waals surface area contributed by atoms with Crippen molar-refractivity contribution in [3.05, 3.63) is 52.8 Å². The average molecular weight is 380 g/mol. The average Bonchev–Trinajstić information content (AvgIpc) is 3.07. The van der Waals surface area contributed by atoms with Gasteiger partial charge >= 0.3 is 0 Å². The molecule has 2 fully saturated rings. The Labute approximate surface area is 163 Å². The number of carbonyl (C=O) groups excluding carboxylic acids is 2. The zero-order chi connectivity index (χ0) is 19.7. The molecule has 1 aromatic carbocycles. The van der Waals surface area contributed by atoms with Gasteiger partial charge < -0.3 is 9.80 Å². The van der Waals surface area contributed by atoms with Gasteiger partial charge in [0.15, 0.2) is 0 Å². The minimum Gasteiger partial charge on any atom is -0.345 e. The molecule has 2 amide bonds. The molecular formula is C21H24N4O3. The third kappa shape index (κ3) is 3.56. The molecule has 0 N–H and O–H groups in total. The zero-order valence-electron chi connectivity index (χ0n) is 16.0. The van der Waals surface area contributed by atoms with Crippen LogP contribution in [0.2, 0.25) is 0 Å². The maximum absolute atomic E-state index is 12.7. The summed E-state index contributed by atoms with van der Waals surface area (Å²) in [5.74, 6) is -0.160. The fourth-order valence-corrected chi connectivity index (χ4v) is 4.07. The number of piperidine rings is 1. The summed E-state index contributed by atoms with van der Waals surface area (Å²) >= 11 is 0. The van der Waals surface area contributed by atoms with Crippen LogP contribution in [0.5, 0.6) is 0 Å². The van der Waals surface area contributed by atoms with Crippen molar-refractivity contribution in [1.82, 2.24) is 19.6 Å². The van der Waals surface area contributed by atoms with Crippen LogP contribution >= 0.6 is 0 Å². The lowest BCUT2D eigenvalue weighted by Crippen LogP contribution is -2.44. The van der Waals surface area contributed by atoms with Gasteiger partial charge in [0.1, 0.15) is 0 Å². The predicted octanol–water partition coefficient (Wildman–Crippen LogP) is 1.55. The number of hydrogen-bond acceptors (Lipinski definition) is 4. The van der Waals surface area contributed by atoms with Crippen LogP contribution in [0.15, 0.2) is 47.3 Å². The van der Waals surface area contributed by atoms with Crippen LogP contribution in [0.1, 0.15) is 25.3 Å². The molecule has 0 radical (unpaired) electrons. The second kappa shape index (κ2) is 7.58. The van der Waals surface area contributed by atoms with Gasteiger partial charge in [-0.2, -0.15) is 5.10 Å². The van der Waals surface area contributed by atoms with E-state index in [-0.39, 0.29) is 29.3 Å². The highest BCUT2D eigenvalue weighted by Gasteiger charge is 2.36. The fourth-order valence-electron chi connectivity index (χ4n) is 4.07. The molecule has 4 rings (SSSR count). The van der Waals surface area contributed by atoms with Crippen molar-refractivity contribution in [2.24, 2.45) is 5.92 Å². The van der Waals surface area contributed by atoms with Crippen molar-refractivity contribution in [1.29, 1.82) is 0 Å². The summed E-state index contributed by atoms with van der Waals surface area (Å²) in [5.41, 5.74) is 1.62. The number of rotatable bonds is 3. The first-order valence-corrected chi connectivity index (χ1v) is 9.71. The molecule has 28 heavy (non-hydrogen) atoms. The summed E-state index contributed by atoms with van der Waals surface area (Å²) in [5, 5.41) is 4.58. The molecule has 1 aromatic heterocycles. The van der Waals surface area contributed by atoms with Gasteiger partial charge in [0.05, 0.1) is 17.7 Å². The van der Waals surface area contributed by atoms with Crippen LogP contribution in [0, 0.1) is 5.92 Å². The highest BCUT2D eigenvalue weighted by Crippen LogP contribution is 2.25. The Morgan fingerprint density at radius 3 is 2.39 bits per heavy atom. The lowest BCUT2D eigenvalue weighted by molar-refractivity contribution is -0.137. The van der Waals surface area contributed by atoms with Gasteiger partial charge in [-0.3, -0.25) is 14.4 Å². The quantitative estimate of drug-likeness (QED) is 0.810. The largest absolute Gasteiger partial charge is 0.345 e. The van der Waals surface area contributed by atoms with Gasteiger partial charge in [-0.25, -0.2) is 4.68 Å². The topological polar surface area (TPSA) is 75.5 Å². The summed E-state index contributed by atoms with van der Waals surface area (Å²) in [6.07, 6.45) is 1.68. The Morgan fingerprint density at radius 1 is 1.04 bits per heavy atom. The maximum atomic E-state index is 12.7. The van der Waals surface area contributed by atoms with Crippen molar-refractivity contribution in [2.75, 3.05) is 26.7 Å². The standard InChI is InChI=1S/C21H24N4O3/c1-23-14-16(13-20(23)27)21(28)24-11-9-17(10-12-24)25-19(26)8-7-18(22-25)15-5-3-2-4-6-15/h2-8,16-17H,9-14H2,1H3. The van der Waals surface area contributed by atoms with E-state index in [4.69, 9.17) is 0 Å². The minimum atomic E-state index is -0.240. The Kier molecular flexibility index (Phi) is 4.98. The number of amides is 2. The predicted molar refractivity (Wildman–Crippen MR) is 105 cm³/mol. The number of benzene rings is 1. The van der Waals surface area contributed by atoms with Crippen molar-refractivity contribution < 1.29 is 9.59 Å². The fraction of sp³-hybridized carbons (Fsp3) is 0.429.